The van der Waals surface area contributed by atoms with Crippen LogP contribution in [0.15, 0.2) is 6.20 Å². The minimum Gasteiger partial charge on any atom is -0.247 e. The van der Waals surface area contributed by atoms with Crippen LogP contribution in [0, 0.1) is 0 Å². The van der Waals surface area contributed by atoms with Gasteiger partial charge in [-0.25, -0.2) is 4.68 Å². The molecule has 14 heavy (non-hydrogen) atoms. The zero-order valence-corrected chi connectivity index (χ0v) is 9.42. The zero-order chi connectivity index (χ0) is 10.3. The lowest BCUT2D eigenvalue weighted by molar-refractivity contribution is 0.346. The third-order valence-corrected chi connectivity index (χ3v) is 1.95. The molecule has 1 aromatic heterocycles. The van der Waals surface area contributed by atoms with E-state index < -0.39 is 0 Å². The molecule has 82 valence electrons. The highest BCUT2D eigenvalue weighted by Crippen LogP contribution is 2.21. The fourth-order valence-electron chi connectivity index (χ4n) is 0.935. The first-order valence-corrected chi connectivity index (χ1v) is 4.64. The summed E-state index contributed by atoms with van der Waals surface area (Å²) in [4.78, 5) is 0. The molecule has 3 heteroatoms. The fraction of sp³-hybridized carbons (Fsp3) is 0.818. The second-order valence-electron chi connectivity index (χ2n) is 5.47. The van der Waals surface area contributed by atoms with Gasteiger partial charge in [0.2, 0.25) is 0 Å². The number of rotatable bonds is 0. The topological polar surface area (TPSA) is 30.7 Å². The molecule has 1 heterocycles. The second kappa shape index (κ2) is 3.71. The number of hydrogen-bond acceptors (Lipinski definition) is 2. The first-order valence-electron chi connectivity index (χ1n) is 4.64. The van der Waals surface area contributed by atoms with Gasteiger partial charge in [-0.15, -0.1) is 5.10 Å². The van der Waals surface area contributed by atoms with Crippen molar-refractivity contribution in [3.05, 3.63) is 11.9 Å². The Labute approximate surface area is 87.5 Å². The van der Waals surface area contributed by atoms with Crippen LogP contribution in [-0.2, 0) is 11.0 Å². The minimum absolute atomic E-state index is 0. The lowest BCUT2D eigenvalue weighted by atomic mass is 9.93. The quantitative estimate of drug-likeness (QED) is 0.640. The molecule has 0 fully saturated rings. The predicted molar refractivity (Wildman–Crippen MR) is 60.4 cm³/mol. The van der Waals surface area contributed by atoms with E-state index in [-0.39, 0.29) is 18.4 Å². The molecule has 0 amide bonds. The molecule has 0 saturated carbocycles. The maximum Gasteiger partial charge on any atom is 0.0880 e. The highest BCUT2D eigenvalue weighted by atomic mass is 15.4. The molecule has 0 aliphatic carbocycles. The Morgan fingerprint density at radius 1 is 1.07 bits per heavy atom. The SMILES string of the molecule is C.CC(C)(C)c1cn(C(C)(C)C)nn1. The monoisotopic (exact) mass is 197 g/mol. The lowest BCUT2D eigenvalue weighted by Crippen LogP contribution is -2.22. The van der Waals surface area contributed by atoms with Crippen molar-refractivity contribution >= 4 is 0 Å². The number of aromatic nitrogens is 3. The Morgan fingerprint density at radius 2 is 1.57 bits per heavy atom. The third kappa shape index (κ3) is 2.82. The van der Waals surface area contributed by atoms with E-state index in [2.05, 4.69) is 51.9 Å². The molecule has 0 aliphatic heterocycles. The lowest BCUT2D eigenvalue weighted by Gasteiger charge is -2.18. The van der Waals surface area contributed by atoms with E-state index in [0.717, 1.165) is 5.69 Å². The summed E-state index contributed by atoms with van der Waals surface area (Å²) in [6, 6.07) is 0. The van der Waals surface area contributed by atoms with Crippen LogP contribution in [0.4, 0.5) is 0 Å². The minimum atomic E-state index is 0. The molecule has 0 aliphatic rings. The van der Waals surface area contributed by atoms with Gasteiger partial charge < -0.3 is 0 Å². The van der Waals surface area contributed by atoms with Gasteiger partial charge in [0.15, 0.2) is 0 Å². The van der Waals surface area contributed by atoms with Crippen LogP contribution in [0.1, 0.15) is 54.7 Å². The van der Waals surface area contributed by atoms with Crippen molar-refractivity contribution < 1.29 is 0 Å². The van der Waals surface area contributed by atoms with Gasteiger partial charge in [0, 0.05) is 11.6 Å². The summed E-state index contributed by atoms with van der Waals surface area (Å²) in [6.07, 6.45) is 2.03. The molecule has 0 atom stereocenters. The molecule has 0 radical (unpaired) electrons. The molecule has 3 nitrogen and oxygen atoms in total. The zero-order valence-electron chi connectivity index (χ0n) is 9.42. The molecule has 0 unspecified atom stereocenters. The van der Waals surface area contributed by atoms with Gasteiger partial charge in [0.05, 0.1) is 11.2 Å². The Bertz CT molecular complexity index is 258. The van der Waals surface area contributed by atoms with Crippen molar-refractivity contribution in [2.75, 3.05) is 0 Å². The number of hydrogen-bond donors (Lipinski definition) is 0. The van der Waals surface area contributed by atoms with Gasteiger partial charge >= 0.3 is 0 Å². The molecular formula is C11H23N3. The fourth-order valence-corrected chi connectivity index (χ4v) is 0.935. The summed E-state index contributed by atoms with van der Waals surface area (Å²) < 4.78 is 1.91. The first-order chi connectivity index (χ1) is 5.71. The van der Waals surface area contributed by atoms with Gasteiger partial charge in [-0.1, -0.05) is 33.4 Å². The predicted octanol–water partition coefficient (Wildman–Crippen LogP) is 2.97. The van der Waals surface area contributed by atoms with E-state index in [9.17, 15) is 0 Å². The third-order valence-electron chi connectivity index (χ3n) is 1.95. The Hall–Kier alpha value is -0.860. The van der Waals surface area contributed by atoms with Crippen LogP contribution in [0.5, 0.6) is 0 Å². The molecule has 0 bridgehead atoms. The van der Waals surface area contributed by atoms with E-state index in [4.69, 9.17) is 0 Å². The summed E-state index contributed by atoms with van der Waals surface area (Å²) >= 11 is 0. The Kier molecular flexibility index (Phi) is 3.49. The Morgan fingerprint density at radius 3 is 1.79 bits per heavy atom. The van der Waals surface area contributed by atoms with E-state index in [0.29, 0.717) is 0 Å². The summed E-state index contributed by atoms with van der Waals surface area (Å²) in [5.41, 5.74) is 1.16. The summed E-state index contributed by atoms with van der Waals surface area (Å²) in [7, 11) is 0. The number of nitrogens with zero attached hydrogens (tertiary/aromatic N) is 3. The average Bonchev–Trinajstić information content (AvgIpc) is 2.28. The van der Waals surface area contributed by atoms with E-state index in [1.54, 1.807) is 0 Å². The molecule has 1 rings (SSSR count). The van der Waals surface area contributed by atoms with Crippen molar-refractivity contribution in [3.8, 4) is 0 Å². The summed E-state index contributed by atoms with van der Waals surface area (Å²) in [5.74, 6) is 0. The molecule has 0 saturated heterocycles. The van der Waals surface area contributed by atoms with Crippen LogP contribution >= 0.6 is 0 Å². The maximum absolute atomic E-state index is 4.17. The average molecular weight is 197 g/mol. The van der Waals surface area contributed by atoms with Crippen molar-refractivity contribution in [1.82, 2.24) is 15.0 Å². The summed E-state index contributed by atoms with van der Waals surface area (Å²) in [6.45, 7) is 12.8. The van der Waals surface area contributed by atoms with Crippen molar-refractivity contribution in [1.29, 1.82) is 0 Å². The van der Waals surface area contributed by atoms with Crippen LogP contribution in [0.3, 0.4) is 0 Å². The van der Waals surface area contributed by atoms with E-state index in [1.165, 1.54) is 0 Å². The van der Waals surface area contributed by atoms with E-state index in [1.807, 2.05) is 10.9 Å². The van der Waals surface area contributed by atoms with Crippen molar-refractivity contribution in [3.63, 3.8) is 0 Å². The van der Waals surface area contributed by atoms with Crippen LogP contribution in [0.2, 0.25) is 0 Å². The highest BCUT2D eigenvalue weighted by molar-refractivity contribution is 5.07. The van der Waals surface area contributed by atoms with Crippen LogP contribution in [-0.4, -0.2) is 15.0 Å². The van der Waals surface area contributed by atoms with Crippen molar-refractivity contribution in [2.24, 2.45) is 0 Å². The summed E-state index contributed by atoms with van der Waals surface area (Å²) in [5, 5.41) is 8.29. The van der Waals surface area contributed by atoms with Gasteiger partial charge in [0.25, 0.3) is 0 Å². The van der Waals surface area contributed by atoms with Gasteiger partial charge in [-0.05, 0) is 20.8 Å². The first kappa shape index (κ1) is 13.1. The molecule has 1 aromatic rings. The second-order valence-corrected chi connectivity index (χ2v) is 5.47. The van der Waals surface area contributed by atoms with Crippen molar-refractivity contribution in [2.45, 2.75) is 59.9 Å². The molecule has 0 aromatic carbocycles. The smallest absolute Gasteiger partial charge is 0.0880 e. The van der Waals surface area contributed by atoms with Gasteiger partial charge in [-0.2, -0.15) is 0 Å². The van der Waals surface area contributed by atoms with Crippen LogP contribution < -0.4 is 0 Å². The Balaban J connectivity index is 0.00000169. The van der Waals surface area contributed by atoms with Crippen LogP contribution in [0.25, 0.3) is 0 Å². The standard InChI is InChI=1S/C10H19N3.CH4/c1-9(2,3)8-7-13(12-11-8)10(4,5)6;/h7H,1-6H3;1H4. The van der Waals surface area contributed by atoms with E-state index >= 15 is 0 Å². The normalized spacial score (nSPS) is 12.4. The maximum atomic E-state index is 4.17. The highest BCUT2D eigenvalue weighted by Gasteiger charge is 2.21. The van der Waals surface area contributed by atoms with Gasteiger partial charge in [-0.3, -0.25) is 0 Å². The molecule has 0 spiro atoms. The largest absolute Gasteiger partial charge is 0.247 e. The molecular weight excluding hydrogens is 174 g/mol. The molecule has 0 N–H and O–H groups in total. The van der Waals surface area contributed by atoms with Gasteiger partial charge in [0.1, 0.15) is 0 Å².